The molecule has 0 saturated carbocycles. The van der Waals surface area contributed by atoms with Crippen LogP contribution in [0.3, 0.4) is 0 Å². The van der Waals surface area contributed by atoms with Gasteiger partial charge in [0.25, 0.3) is 0 Å². The summed E-state index contributed by atoms with van der Waals surface area (Å²) in [6, 6.07) is 9.40. The molecule has 0 spiro atoms. The van der Waals surface area contributed by atoms with Crippen molar-refractivity contribution in [2.45, 2.75) is 19.8 Å². The molecule has 0 amide bonds. The number of anilines is 1. The van der Waals surface area contributed by atoms with Crippen LogP contribution in [0.1, 0.15) is 24.7 Å². The van der Waals surface area contributed by atoms with Crippen molar-refractivity contribution < 1.29 is 0 Å². The highest BCUT2D eigenvalue weighted by atomic mass is 35.5. The van der Waals surface area contributed by atoms with Crippen molar-refractivity contribution in [3.63, 3.8) is 0 Å². The van der Waals surface area contributed by atoms with Gasteiger partial charge in [-0.1, -0.05) is 37.1 Å². The molecule has 0 bridgehead atoms. The van der Waals surface area contributed by atoms with Gasteiger partial charge in [0.15, 0.2) is 11.5 Å². The number of nitrogens with two attached hydrogens (primary N) is 1. The molecule has 7 heteroatoms. The second kappa shape index (κ2) is 5.62. The van der Waals surface area contributed by atoms with E-state index in [2.05, 4.69) is 22.2 Å². The summed E-state index contributed by atoms with van der Waals surface area (Å²) in [6.07, 6.45) is 1.70. The maximum absolute atomic E-state index is 9.02. The van der Waals surface area contributed by atoms with Crippen LogP contribution in [-0.2, 0) is 6.42 Å². The Morgan fingerprint density at radius 3 is 2.86 bits per heavy atom. The second-order valence-electron chi connectivity index (χ2n) is 4.86. The molecular weight excluding hydrogens is 300 g/mol. The van der Waals surface area contributed by atoms with Crippen LogP contribution in [0.2, 0.25) is 5.02 Å². The average Bonchev–Trinajstić information content (AvgIpc) is 2.87. The van der Waals surface area contributed by atoms with Gasteiger partial charge in [0.2, 0.25) is 5.69 Å². The minimum absolute atomic E-state index is 0.0655. The molecule has 22 heavy (non-hydrogen) atoms. The van der Waals surface area contributed by atoms with E-state index in [1.165, 1.54) is 4.52 Å². The molecular formula is C15H13ClN6. The summed E-state index contributed by atoms with van der Waals surface area (Å²) < 4.78 is 1.48. The van der Waals surface area contributed by atoms with E-state index in [1.807, 2.05) is 30.3 Å². The fourth-order valence-electron chi connectivity index (χ4n) is 2.39. The molecule has 3 aromatic rings. The van der Waals surface area contributed by atoms with Gasteiger partial charge in [-0.25, -0.2) is 0 Å². The highest BCUT2D eigenvalue weighted by Gasteiger charge is 2.19. The molecule has 110 valence electrons. The molecule has 2 heterocycles. The first-order valence-corrected chi connectivity index (χ1v) is 7.23. The Morgan fingerprint density at radius 1 is 1.36 bits per heavy atom. The molecule has 0 atom stereocenters. The molecule has 0 radical (unpaired) electrons. The van der Waals surface area contributed by atoms with E-state index in [0.717, 1.165) is 29.7 Å². The lowest BCUT2D eigenvalue weighted by molar-refractivity contribution is 0.826. The number of benzene rings is 1. The molecule has 0 aliphatic heterocycles. The van der Waals surface area contributed by atoms with Gasteiger partial charge in [-0.2, -0.15) is 14.9 Å². The van der Waals surface area contributed by atoms with E-state index in [-0.39, 0.29) is 11.5 Å². The number of nitrogens with zero attached hydrogens (tertiary/aromatic N) is 5. The molecule has 2 N–H and O–H groups in total. The van der Waals surface area contributed by atoms with Gasteiger partial charge in [0.05, 0.1) is 11.3 Å². The third-order valence-corrected chi connectivity index (χ3v) is 3.59. The van der Waals surface area contributed by atoms with Crippen LogP contribution in [0.4, 0.5) is 5.82 Å². The Hall–Kier alpha value is -2.65. The molecule has 0 saturated heterocycles. The van der Waals surface area contributed by atoms with Crippen molar-refractivity contribution in [2.24, 2.45) is 0 Å². The van der Waals surface area contributed by atoms with Gasteiger partial charge in [0.1, 0.15) is 6.07 Å². The number of halogens is 1. The zero-order valence-corrected chi connectivity index (χ0v) is 12.7. The molecule has 3 rings (SSSR count). The quantitative estimate of drug-likeness (QED) is 0.802. The minimum Gasteiger partial charge on any atom is -0.381 e. The van der Waals surface area contributed by atoms with Gasteiger partial charge in [-0.3, -0.25) is 0 Å². The molecule has 6 nitrogen and oxygen atoms in total. The second-order valence-corrected chi connectivity index (χ2v) is 5.30. The Kier molecular flexibility index (Phi) is 3.65. The van der Waals surface area contributed by atoms with Gasteiger partial charge < -0.3 is 5.73 Å². The SMILES string of the molecule is CCCc1nn2c(N)c(C#N)nnc2c1-c1cccc(Cl)c1. The number of hydrogen-bond acceptors (Lipinski definition) is 5. The van der Waals surface area contributed by atoms with Crippen molar-refractivity contribution >= 4 is 23.1 Å². The fraction of sp³-hybridized carbons (Fsp3) is 0.200. The van der Waals surface area contributed by atoms with E-state index in [0.29, 0.717) is 10.7 Å². The summed E-state index contributed by atoms with van der Waals surface area (Å²) in [4.78, 5) is 0. The first-order valence-electron chi connectivity index (χ1n) is 6.85. The van der Waals surface area contributed by atoms with Crippen molar-refractivity contribution in [1.29, 1.82) is 5.26 Å². The Balaban J connectivity index is 2.34. The smallest absolute Gasteiger partial charge is 0.205 e. The van der Waals surface area contributed by atoms with Crippen molar-refractivity contribution in [1.82, 2.24) is 19.8 Å². The molecule has 0 fully saturated rings. The summed E-state index contributed by atoms with van der Waals surface area (Å²) >= 11 is 6.09. The van der Waals surface area contributed by atoms with Crippen LogP contribution < -0.4 is 5.73 Å². The summed E-state index contributed by atoms with van der Waals surface area (Å²) in [5.74, 6) is 0.193. The fourth-order valence-corrected chi connectivity index (χ4v) is 2.58. The number of rotatable bonds is 3. The summed E-state index contributed by atoms with van der Waals surface area (Å²) in [5, 5.41) is 22.2. The summed E-state index contributed by atoms with van der Waals surface area (Å²) in [7, 11) is 0. The van der Waals surface area contributed by atoms with Crippen LogP contribution in [0.5, 0.6) is 0 Å². The van der Waals surface area contributed by atoms with Crippen molar-refractivity contribution in [2.75, 3.05) is 5.73 Å². The number of aromatic nitrogens is 4. The third-order valence-electron chi connectivity index (χ3n) is 3.36. The van der Waals surface area contributed by atoms with E-state index in [9.17, 15) is 0 Å². The zero-order chi connectivity index (χ0) is 15.7. The zero-order valence-electron chi connectivity index (χ0n) is 11.9. The van der Waals surface area contributed by atoms with Crippen LogP contribution in [0.25, 0.3) is 16.8 Å². The lowest BCUT2D eigenvalue weighted by Gasteiger charge is -2.03. The largest absolute Gasteiger partial charge is 0.381 e. The number of nitrogen functional groups attached to an aromatic ring is 1. The first-order chi connectivity index (χ1) is 10.7. The lowest BCUT2D eigenvalue weighted by atomic mass is 10.0. The van der Waals surface area contributed by atoms with E-state index in [1.54, 1.807) is 0 Å². The summed E-state index contributed by atoms with van der Waals surface area (Å²) in [6.45, 7) is 2.07. The standard InChI is InChI=1S/C15H13ClN6/c1-2-4-11-13(9-5-3-6-10(16)7-9)15-20-19-12(8-17)14(18)22(15)21-11/h3,5-7H,2,4,18H2,1H3. The normalized spacial score (nSPS) is 10.8. The van der Waals surface area contributed by atoms with Gasteiger partial charge >= 0.3 is 0 Å². The number of hydrogen-bond donors (Lipinski definition) is 1. The van der Waals surface area contributed by atoms with Gasteiger partial charge in [-0.05, 0) is 24.1 Å². The number of aryl methyl sites for hydroxylation is 1. The Morgan fingerprint density at radius 2 is 2.18 bits per heavy atom. The maximum atomic E-state index is 9.02. The van der Waals surface area contributed by atoms with Crippen LogP contribution in [-0.4, -0.2) is 19.8 Å². The van der Waals surface area contributed by atoms with Crippen molar-refractivity contribution in [3.05, 3.63) is 40.7 Å². The van der Waals surface area contributed by atoms with Crippen molar-refractivity contribution in [3.8, 4) is 17.2 Å². The molecule has 1 aromatic carbocycles. The van der Waals surface area contributed by atoms with Crippen LogP contribution in [0.15, 0.2) is 24.3 Å². The van der Waals surface area contributed by atoms with E-state index in [4.69, 9.17) is 22.6 Å². The predicted octanol–water partition coefficient (Wildman–Crippen LogP) is 2.85. The minimum atomic E-state index is 0.0655. The molecule has 0 unspecified atom stereocenters. The van der Waals surface area contributed by atoms with E-state index < -0.39 is 0 Å². The number of nitriles is 1. The topological polar surface area (TPSA) is 92.9 Å². The van der Waals surface area contributed by atoms with Crippen LogP contribution >= 0.6 is 11.6 Å². The van der Waals surface area contributed by atoms with Crippen LogP contribution in [0, 0.1) is 11.3 Å². The third kappa shape index (κ3) is 2.26. The van der Waals surface area contributed by atoms with Gasteiger partial charge in [-0.15, -0.1) is 10.2 Å². The maximum Gasteiger partial charge on any atom is 0.205 e. The first kappa shape index (κ1) is 14.3. The van der Waals surface area contributed by atoms with E-state index >= 15 is 0 Å². The van der Waals surface area contributed by atoms with Gasteiger partial charge in [0, 0.05) is 5.02 Å². The Labute approximate surface area is 132 Å². The predicted molar refractivity (Wildman–Crippen MR) is 84.4 cm³/mol. The highest BCUT2D eigenvalue weighted by molar-refractivity contribution is 6.30. The molecule has 2 aromatic heterocycles. The summed E-state index contributed by atoms with van der Waals surface area (Å²) in [5.41, 5.74) is 9.18. The number of fused-ring (bicyclic) bond motifs is 1. The lowest BCUT2D eigenvalue weighted by Crippen LogP contribution is -2.06. The average molecular weight is 313 g/mol. The molecule has 0 aliphatic rings. The molecule has 0 aliphatic carbocycles. The highest BCUT2D eigenvalue weighted by Crippen LogP contribution is 2.31. The monoisotopic (exact) mass is 312 g/mol. The Bertz CT molecular complexity index is 893.